The molecule has 4 heteroatoms. The van der Waals surface area contributed by atoms with Crippen molar-refractivity contribution < 1.29 is 10.2 Å². The zero-order valence-electron chi connectivity index (χ0n) is 11.0. The van der Waals surface area contributed by atoms with Crippen LogP contribution in [0, 0.1) is 0 Å². The minimum atomic E-state index is -0.163. The van der Waals surface area contributed by atoms with E-state index in [1.807, 2.05) is 26.0 Å². The van der Waals surface area contributed by atoms with Gasteiger partial charge in [-0.15, -0.1) is 0 Å². The van der Waals surface area contributed by atoms with Crippen LogP contribution in [-0.4, -0.2) is 15.2 Å². The van der Waals surface area contributed by atoms with Crippen LogP contribution in [0.1, 0.15) is 37.1 Å². The molecule has 1 aromatic carbocycles. The normalized spacial score (nSPS) is 14.0. The molecule has 0 bridgehead atoms. The molecule has 2 aromatic rings. The van der Waals surface area contributed by atoms with E-state index in [1.54, 1.807) is 30.6 Å². The van der Waals surface area contributed by atoms with Crippen molar-refractivity contribution in [1.29, 1.82) is 0 Å². The number of hydrogen-bond acceptors (Lipinski definition) is 4. The Hall–Kier alpha value is -2.07. The fourth-order valence-corrected chi connectivity index (χ4v) is 2.19. The second-order valence-electron chi connectivity index (χ2n) is 4.60. The van der Waals surface area contributed by atoms with Gasteiger partial charge in [0.15, 0.2) is 0 Å². The van der Waals surface area contributed by atoms with E-state index in [-0.39, 0.29) is 23.6 Å². The van der Waals surface area contributed by atoms with Crippen LogP contribution in [0.5, 0.6) is 11.5 Å². The van der Waals surface area contributed by atoms with Crippen molar-refractivity contribution in [1.82, 2.24) is 10.3 Å². The Bertz CT molecular complexity index is 523. The van der Waals surface area contributed by atoms with E-state index in [4.69, 9.17) is 0 Å². The van der Waals surface area contributed by atoms with Gasteiger partial charge >= 0.3 is 0 Å². The Morgan fingerprint density at radius 3 is 2.11 bits per heavy atom. The molecule has 0 aliphatic heterocycles. The number of hydrogen-bond donors (Lipinski definition) is 3. The average molecular weight is 258 g/mol. The molecule has 0 radical (unpaired) electrons. The van der Waals surface area contributed by atoms with Crippen LogP contribution < -0.4 is 5.32 Å². The summed E-state index contributed by atoms with van der Waals surface area (Å²) < 4.78 is 0. The van der Waals surface area contributed by atoms with Crippen LogP contribution in [0.2, 0.25) is 0 Å². The van der Waals surface area contributed by atoms with Gasteiger partial charge in [0.1, 0.15) is 11.5 Å². The smallest absolute Gasteiger partial charge is 0.124 e. The lowest BCUT2D eigenvalue weighted by Crippen LogP contribution is -2.22. The number of pyridine rings is 1. The highest BCUT2D eigenvalue weighted by atomic mass is 16.3. The maximum Gasteiger partial charge on any atom is 0.124 e. The monoisotopic (exact) mass is 258 g/mol. The third-order valence-corrected chi connectivity index (χ3v) is 3.20. The zero-order chi connectivity index (χ0) is 13.8. The molecule has 0 saturated carbocycles. The molecule has 2 atom stereocenters. The van der Waals surface area contributed by atoms with Crippen molar-refractivity contribution in [3.05, 3.63) is 53.9 Å². The largest absolute Gasteiger partial charge is 0.507 e. The molecule has 2 unspecified atom stereocenters. The van der Waals surface area contributed by atoms with Crippen molar-refractivity contribution >= 4 is 0 Å². The van der Waals surface area contributed by atoms with E-state index >= 15 is 0 Å². The maximum absolute atomic E-state index is 9.84. The Kier molecular flexibility index (Phi) is 4.02. The van der Waals surface area contributed by atoms with Crippen LogP contribution in [-0.2, 0) is 0 Å². The van der Waals surface area contributed by atoms with E-state index in [0.29, 0.717) is 5.56 Å². The van der Waals surface area contributed by atoms with E-state index in [1.165, 1.54) is 0 Å². The summed E-state index contributed by atoms with van der Waals surface area (Å²) in [7, 11) is 0. The quantitative estimate of drug-likeness (QED) is 0.789. The average Bonchev–Trinajstić information content (AvgIpc) is 2.39. The third-order valence-electron chi connectivity index (χ3n) is 3.20. The molecule has 0 saturated heterocycles. The van der Waals surface area contributed by atoms with Gasteiger partial charge in [-0.3, -0.25) is 4.98 Å². The van der Waals surface area contributed by atoms with Crippen LogP contribution in [0.4, 0.5) is 0 Å². The van der Waals surface area contributed by atoms with Crippen LogP contribution in [0.15, 0.2) is 42.7 Å². The number of aromatic hydroxyl groups is 2. The molecule has 0 spiro atoms. The van der Waals surface area contributed by atoms with Gasteiger partial charge in [-0.2, -0.15) is 0 Å². The predicted molar refractivity (Wildman–Crippen MR) is 74.0 cm³/mol. The molecule has 19 heavy (non-hydrogen) atoms. The molecule has 0 amide bonds. The molecule has 100 valence electrons. The summed E-state index contributed by atoms with van der Waals surface area (Å²) in [5.74, 6) is 0.198. The van der Waals surface area contributed by atoms with Crippen LogP contribution >= 0.6 is 0 Å². The fourth-order valence-electron chi connectivity index (χ4n) is 2.19. The summed E-state index contributed by atoms with van der Waals surface area (Å²) in [6.45, 7) is 3.94. The Balaban J connectivity index is 2.15. The van der Waals surface area contributed by atoms with Crippen molar-refractivity contribution in [2.45, 2.75) is 25.9 Å². The first-order chi connectivity index (χ1) is 9.09. The first kappa shape index (κ1) is 13.4. The summed E-state index contributed by atoms with van der Waals surface area (Å²) in [5.41, 5.74) is 1.63. The summed E-state index contributed by atoms with van der Waals surface area (Å²) in [6.07, 6.45) is 3.49. The minimum Gasteiger partial charge on any atom is -0.507 e. The molecule has 1 heterocycles. The predicted octanol–water partition coefficient (Wildman–Crippen LogP) is 2.90. The first-order valence-corrected chi connectivity index (χ1v) is 6.26. The molecular weight excluding hydrogens is 240 g/mol. The number of phenolic OH excluding ortho intramolecular Hbond substituents is 2. The van der Waals surface area contributed by atoms with Crippen LogP contribution in [0.3, 0.4) is 0 Å². The topological polar surface area (TPSA) is 65.4 Å². The fraction of sp³-hybridized carbons (Fsp3) is 0.267. The summed E-state index contributed by atoms with van der Waals surface area (Å²) in [6, 6.07) is 8.58. The highest BCUT2D eigenvalue weighted by molar-refractivity contribution is 5.45. The third kappa shape index (κ3) is 3.03. The van der Waals surface area contributed by atoms with Gasteiger partial charge in [0.2, 0.25) is 0 Å². The molecule has 0 aliphatic carbocycles. The first-order valence-electron chi connectivity index (χ1n) is 6.26. The minimum absolute atomic E-state index is 0.0945. The molecule has 0 fully saturated rings. The summed E-state index contributed by atoms with van der Waals surface area (Å²) in [5, 5.41) is 23.0. The summed E-state index contributed by atoms with van der Waals surface area (Å²) >= 11 is 0. The number of benzene rings is 1. The lowest BCUT2D eigenvalue weighted by molar-refractivity contribution is 0.407. The maximum atomic E-state index is 9.84. The molecule has 4 nitrogen and oxygen atoms in total. The van der Waals surface area contributed by atoms with Gasteiger partial charge in [-0.1, -0.05) is 6.07 Å². The van der Waals surface area contributed by atoms with Crippen LogP contribution in [0.25, 0.3) is 0 Å². The van der Waals surface area contributed by atoms with E-state index in [0.717, 1.165) is 5.56 Å². The highest BCUT2D eigenvalue weighted by Gasteiger charge is 2.17. The van der Waals surface area contributed by atoms with Gasteiger partial charge in [0.05, 0.1) is 5.56 Å². The molecule has 2 rings (SSSR count). The van der Waals surface area contributed by atoms with Gasteiger partial charge in [0, 0.05) is 24.5 Å². The molecule has 1 aromatic heterocycles. The van der Waals surface area contributed by atoms with Crippen molar-refractivity contribution in [3.63, 3.8) is 0 Å². The lowest BCUT2D eigenvalue weighted by Gasteiger charge is -2.22. The van der Waals surface area contributed by atoms with Gasteiger partial charge in [0.25, 0.3) is 0 Å². The Morgan fingerprint density at radius 2 is 1.53 bits per heavy atom. The highest BCUT2D eigenvalue weighted by Crippen LogP contribution is 2.33. The second kappa shape index (κ2) is 5.71. The Labute approximate surface area is 112 Å². The van der Waals surface area contributed by atoms with Gasteiger partial charge < -0.3 is 15.5 Å². The second-order valence-corrected chi connectivity index (χ2v) is 4.60. The zero-order valence-corrected chi connectivity index (χ0v) is 11.0. The van der Waals surface area contributed by atoms with Gasteiger partial charge in [-0.25, -0.2) is 0 Å². The number of rotatable bonds is 4. The number of nitrogens with one attached hydrogen (secondary N) is 1. The van der Waals surface area contributed by atoms with Crippen molar-refractivity contribution in [2.24, 2.45) is 0 Å². The molecule has 3 N–H and O–H groups in total. The van der Waals surface area contributed by atoms with E-state index in [2.05, 4.69) is 10.3 Å². The van der Waals surface area contributed by atoms with Crippen molar-refractivity contribution in [3.8, 4) is 11.5 Å². The molecule has 0 aliphatic rings. The number of phenols is 2. The SMILES string of the molecule is CC(NC(C)c1c(O)cccc1O)c1ccncc1. The van der Waals surface area contributed by atoms with Gasteiger partial charge in [-0.05, 0) is 43.7 Å². The van der Waals surface area contributed by atoms with E-state index < -0.39 is 0 Å². The number of aromatic nitrogens is 1. The lowest BCUT2D eigenvalue weighted by atomic mass is 10.0. The molecular formula is C15H18N2O2. The Morgan fingerprint density at radius 1 is 0.947 bits per heavy atom. The van der Waals surface area contributed by atoms with E-state index in [9.17, 15) is 10.2 Å². The summed E-state index contributed by atoms with van der Waals surface area (Å²) in [4.78, 5) is 3.99. The standard InChI is InChI=1S/C15H18N2O2/c1-10(12-6-8-16-9-7-12)17-11(2)15-13(18)4-3-5-14(15)19/h3-11,17-19H,1-2H3. The number of nitrogens with zero attached hydrogens (tertiary/aromatic N) is 1. The van der Waals surface area contributed by atoms with Crippen molar-refractivity contribution in [2.75, 3.05) is 0 Å².